The smallest absolute Gasteiger partial charge is 0.311 e. The average Bonchev–Trinajstić information content (AvgIpc) is 2.18. The van der Waals surface area contributed by atoms with E-state index in [9.17, 15) is 9.59 Å². The van der Waals surface area contributed by atoms with Crippen molar-refractivity contribution in [3.63, 3.8) is 0 Å². The number of ether oxygens (including phenoxy) is 1. The Labute approximate surface area is 81.1 Å². The lowest BCUT2D eigenvalue weighted by atomic mass is 10.4. The van der Waals surface area contributed by atoms with Crippen LogP contribution in [0.3, 0.4) is 0 Å². The number of hydrogen-bond donors (Lipinski definition) is 0. The van der Waals surface area contributed by atoms with Crippen LogP contribution in [0, 0.1) is 0 Å². The molecule has 0 aliphatic rings. The molecule has 0 spiro atoms. The fraction of sp³-hybridized carbons (Fsp3) is 0.333. The minimum absolute atomic E-state index is 0.112. The molecule has 0 aliphatic heterocycles. The molecule has 0 atom stereocenters. The summed E-state index contributed by atoms with van der Waals surface area (Å²) in [5, 5.41) is 0. The summed E-state index contributed by atoms with van der Waals surface area (Å²) in [7, 11) is 0. The molecule has 74 valence electrons. The van der Waals surface area contributed by atoms with Crippen molar-refractivity contribution in [2.45, 2.75) is 20.3 Å². The summed E-state index contributed by atoms with van der Waals surface area (Å²) >= 11 is 0. The van der Waals surface area contributed by atoms with Crippen molar-refractivity contribution in [2.75, 3.05) is 0 Å². The monoisotopic (exact) mass is 194 g/mol. The topological polar surface area (TPSA) is 69.2 Å². The van der Waals surface area contributed by atoms with Crippen LogP contribution in [-0.2, 0) is 4.79 Å². The van der Waals surface area contributed by atoms with E-state index in [-0.39, 0.29) is 29.7 Å². The second-order valence-electron chi connectivity index (χ2n) is 2.63. The van der Waals surface area contributed by atoms with Gasteiger partial charge < -0.3 is 4.74 Å². The van der Waals surface area contributed by atoms with Crippen LogP contribution in [0.4, 0.5) is 0 Å². The van der Waals surface area contributed by atoms with Gasteiger partial charge in [-0.1, -0.05) is 6.92 Å². The summed E-state index contributed by atoms with van der Waals surface area (Å²) < 4.78 is 4.82. The zero-order valence-electron chi connectivity index (χ0n) is 7.98. The Balaban J connectivity index is 2.73. The van der Waals surface area contributed by atoms with Gasteiger partial charge in [0.05, 0.1) is 12.4 Å². The quantitative estimate of drug-likeness (QED) is 0.530. The molecule has 1 heterocycles. The van der Waals surface area contributed by atoms with Crippen molar-refractivity contribution < 1.29 is 14.3 Å². The van der Waals surface area contributed by atoms with Gasteiger partial charge in [0.15, 0.2) is 17.4 Å². The van der Waals surface area contributed by atoms with E-state index in [1.54, 1.807) is 6.92 Å². The molecule has 0 radical (unpaired) electrons. The summed E-state index contributed by atoms with van der Waals surface area (Å²) in [5.41, 5.74) is 0. The highest BCUT2D eigenvalue weighted by Gasteiger charge is 2.05. The van der Waals surface area contributed by atoms with Crippen molar-refractivity contribution in [3.8, 4) is 5.75 Å². The molecule has 0 aromatic carbocycles. The molecule has 0 saturated carbocycles. The molecule has 0 unspecified atom stereocenters. The van der Waals surface area contributed by atoms with Crippen molar-refractivity contribution in [3.05, 3.63) is 18.2 Å². The van der Waals surface area contributed by atoms with Crippen LogP contribution in [0.2, 0.25) is 0 Å². The Morgan fingerprint density at radius 3 is 2.36 bits per heavy atom. The molecule has 0 bridgehead atoms. The lowest BCUT2D eigenvalue weighted by molar-refractivity contribution is -0.134. The number of rotatable bonds is 3. The summed E-state index contributed by atoms with van der Waals surface area (Å²) in [6.07, 6.45) is 2.89. The molecule has 0 saturated heterocycles. The Bertz CT molecular complexity index is 346. The fourth-order valence-electron chi connectivity index (χ4n) is 0.754. The van der Waals surface area contributed by atoms with Gasteiger partial charge in [0, 0.05) is 13.3 Å². The molecule has 5 nitrogen and oxygen atoms in total. The Hall–Kier alpha value is -1.78. The predicted molar refractivity (Wildman–Crippen MR) is 48.0 cm³/mol. The van der Waals surface area contributed by atoms with E-state index in [1.807, 2.05) is 0 Å². The minimum atomic E-state index is -0.357. The third kappa shape index (κ3) is 2.62. The summed E-state index contributed by atoms with van der Waals surface area (Å²) in [5.74, 6) is -0.217. The highest BCUT2D eigenvalue weighted by atomic mass is 16.5. The Morgan fingerprint density at radius 2 is 1.93 bits per heavy atom. The number of carbonyl (C=O) groups excluding carboxylic acids is 2. The number of hydrogen-bond acceptors (Lipinski definition) is 5. The van der Waals surface area contributed by atoms with Gasteiger partial charge in [-0.05, 0) is 0 Å². The van der Waals surface area contributed by atoms with E-state index in [0.717, 1.165) is 0 Å². The summed E-state index contributed by atoms with van der Waals surface area (Å²) in [4.78, 5) is 29.1. The predicted octanol–water partition coefficient (Wildman–Crippen LogP) is 0.995. The van der Waals surface area contributed by atoms with Crippen molar-refractivity contribution in [1.82, 2.24) is 9.97 Å². The second kappa shape index (κ2) is 4.45. The van der Waals surface area contributed by atoms with E-state index in [2.05, 4.69) is 9.97 Å². The van der Waals surface area contributed by atoms with Gasteiger partial charge in [-0.3, -0.25) is 9.59 Å². The van der Waals surface area contributed by atoms with Gasteiger partial charge in [-0.2, -0.15) is 0 Å². The number of Topliss-reactive ketones (excluding diaryl/α,β-unsaturated/α-hetero) is 1. The fourth-order valence-corrected chi connectivity index (χ4v) is 0.754. The first-order valence-corrected chi connectivity index (χ1v) is 4.17. The molecule has 0 amide bonds. The van der Waals surface area contributed by atoms with Crippen LogP contribution in [0.15, 0.2) is 12.4 Å². The lowest BCUT2D eigenvalue weighted by Crippen LogP contribution is -2.07. The number of esters is 1. The van der Waals surface area contributed by atoms with Gasteiger partial charge >= 0.3 is 5.97 Å². The summed E-state index contributed by atoms with van der Waals surface area (Å²) in [6, 6.07) is 0. The van der Waals surface area contributed by atoms with Crippen molar-refractivity contribution in [1.29, 1.82) is 0 Å². The van der Waals surface area contributed by atoms with Crippen LogP contribution in [0.25, 0.3) is 0 Å². The van der Waals surface area contributed by atoms with Crippen LogP contribution in [0.1, 0.15) is 30.9 Å². The highest BCUT2D eigenvalue weighted by Crippen LogP contribution is 2.07. The van der Waals surface area contributed by atoms with Crippen LogP contribution < -0.4 is 4.74 Å². The first-order chi connectivity index (χ1) is 6.63. The van der Waals surface area contributed by atoms with E-state index in [0.29, 0.717) is 0 Å². The first kappa shape index (κ1) is 10.3. The van der Waals surface area contributed by atoms with Crippen LogP contribution >= 0.6 is 0 Å². The molecule has 0 fully saturated rings. The number of nitrogens with zero attached hydrogens (tertiary/aromatic N) is 2. The third-order valence-corrected chi connectivity index (χ3v) is 1.46. The molecule has 0 aliphatic carbocycles. The van der Waals surface area contributed by atoms with Gasteiger partial charge in [0.25, 0.3) is 0 Å². The first-order valence-electron chi connectivity index (χ1n) is 4.17. The number of carbonyl (C=O) groups is 2. The standard InChI is InChI=1S/C9H10N2O3/c1-3-8(13)14-7-4-10-9(6(2)12)11-5-7/h4-5H,3H2,1-2H3. The zero-order valence-corrected chi connectivity index (χ0v) is 7.98. The second-order valence-corrected chi connectivity index (χ2v) is 2.63. The molecule has 0 N–H and O–H groups in total. The van der Waals surface area contributed by atoms with E-state index in [4.69, 9.17) is 4.74 Å². The minimum Gasteiger partial charge on any atom is -0.423 e. The maximum atomic E-state index is 10.9. The van der Waals surface area contributed by atoms with Gasteiger partial charge in [-0.15, -0.1) is 0 Å². The normalized spacial score (nSPS) is 9.57. The van der Waals surface area contributed by atoms with Crippen molar-refractivity contribution >= 4 is 11.8 Å². The molecular formula is C9H10N2O3. The maximum absolute atomic E-state index is 10.9. The lowest BCUT2D eigenvalue weighted by Gasteiger charge is -2.00. The SMILES string of the molecule is CCC(=O)Oc1cnc(C(C)=O)nc1. The number of aromatic nitrogens is 2. The van der Waals surface area contributed by atoms with Gasteiger partial charge in [0.2, 0.25) is 0 Å². The summed E-state index contributed by atoms with van der Waals surface area (Å²) in [6.45, 7) is 3.06. The molecule has 5 heteroatoms. The molecule has 1 aromatic rings. The number of ketones is 1. The van der Waals surface area contributed by atoms with E-state index < -0.39 is 0 Å². The Morgan fingerprint density at radius 1 is 1.36 bits per heavy atom. The molecule has 1 aromatic heterocycles. The van der Waals surface area contributed by atoms with E-state index >= 15 is 0 Å². The molecular weight excluding hydrogens is 184 g/mol. The largest absolute Gasteiger partial charge is 0.423 e. The van der Waals surface area contributed by atoms with Crippen LogP contribution in [-0.4, -0.2) is 21.7 Å². The highest BCUT2D eigenvalue weighted by molar-refractivity contribution is 5.90. The maximum Gasteiger partial charge on any atom is 0.311 e. The average molecular weight is 194 g/mol. The van der Waals surface area contributed by atoms with Gasteiger partial charge in [-0.25, -0.2) is 9.97 Å². The van der Waals surface area contributed by atoms with Crippen LogP contribution in [0.5, 0.6) is 5.75 Å². The van der Waals surface area contributed by atoms with Crippen molar-refractivity contribution in [2.24, 2.45) is 0 Å². The van der Waals surface area contributed by atoms with E-state index in [1.165, 1.54) is 19.3 Å². The zero-order chi connectivity index (χ0) is 10.6. The third-order valence-electron chi connectivity index (χ3n) is 1.46. The van der Waals surface area contributed by atoms with Gasteiger partial charge in [0.1, 0.15) is 0 Å². The Kier molecular flexibility index (Phi) is 3.28. The molecule has 1 rings (SSSR count). The molecule has 14 heavy (non-hydrogen) atoms.